The van der Waals surface area contributed by atoms with E-state index in [1.54, 1.807) is 29.2 Å². The van der Waals surface area contributed by atoms with Crippen LogP contribution in [-0.2, 0) is 0 Å². The maximum atomic E-state index is 12.3. The molecule has 2 aromatic carbocycles. The molecule has 0 fully saturated rings. The van der Waals surface area contributed by atoms with E-state index in [1.165, 1.54) is 0 Å². The molecule has 4 nitrogen and oxygen atoms in total. The lowest BCUT2D eigenvalue weighted by Gasteiger charge is -2.14. The van der Waals surface area contributed by atoms with Gasteiger partial charge in [-0.05, 0) is 67.5 Å². The van der Waals surface area contributed by atoms with Crippen molar-refractivity contribution in [2.24, 2.45) is 0 Å². The molecule has 0 saturated carbocycles. The minimum Gasteiger partial charge on any atom is -0.432 e. The van der Waals surface area contributed by atoms with Gasteiger partial charge in [-0.25, -0.2) is 0 Å². The van der Waals surface area contributed by atoms with Crippen LogP contribution in [0.4, 0.5) is 5.69 Å². The molecule has 0 aliphatic heterocycles. The Morgan fingerprint density at radius 3 is 2.35 bits per heavy atom. The predicted octanol–water partition coefficient (Wildman–Crippen LogP) is 3.78. The number of thiocarbonyl (C=S) groups is 1. The minimum atomic E-state index is -0.152. The number of amides is 1. The van der Waals surface area contributed by atoms with E-state index in [2.05, 4.69) is 5.32 Å². The van der Waals surface area contributed by atoms with Crippen LogP contribution in [0, 0.1) is 13.8 Å². The molecule has 23 heavy (non-hydrogen) atoms. The van der Waals surface area contributed by atoms with Crippen molar-refractivity contribution in [2.45, 2.75) is 13.8 Å². The smallest absolute Gasteiger partial charge is 0.264 e. The first-order chi connectivity index (χ1) is 10.9. The highest BCUT2D eigenvalue weighted by molar-refractivity contribution is 7.80. The Kier molecular flexibility index (Phi) is 5.34. The molecule has 0 heterocycles. The van der Waals surface area contributed by atoms with E-state index >= 15 is 0 Å². The molecule has 0 radical (unpaired) electrons. The van der Waals surface area contributed by atoms with E-state index in [1.807, 2.05) is 46.1 Å². The molecule has 5 heteroatoms. The number of hydrogen-bond acceptors (Lipinski definition) is 3. The van der Waals surface area contributed by atoms with Crippen LogP contribution < -0.4 is 10.1 Å². The summed E-state index contributed by atoms with van der Waals surface area (Å²) in [5, 5.41) is 3.30. The third-order valence-corrected chi connectivity index (χ3v) is 3.99. The van der Waals surface area contributed by atoms with Crippen LogP contribution >= 0.6 is 12.2 Å². The Morgan fingerprint density at radius 2 is 1.74 bits per heavy atom. The van der Waals surface area contributed by atoms with Gasteiger partial charge in [0.25, 0.3) is 11.1 Å². The lowest BCUT2D eigenvalue weighted by Crippen LogP contribution is -2.25. The summed E-state index contributed by atoms with van der Waals surface area (Å²) in [7, 11) is 3.63. The van der Waals surface area contributed by atoms with E-state index in [0.29, 0.717) is 16.5 Å². The van der Waals surface area contributed by atoms with E-state index in [4.69, 9.17) is 17.0 Å². The second-order valence-electron chi connectivity index (χ2n) is 5.49. The van der Waals surface area contributed by atoms with Crippen molar-refractivity contribution in [3.63, 3.8) is 0 Å². The molecule has 0 spiro atoms. The number of hydrogen-bond donors (Lipinski definition) is 1. The van der Waals surface area contributed by atoms with Crippen LogP contribution in [0.5, 0.6) is 5.75 Å². The molecule has 0 unspecified atom stereocenters. The van der Waals surface area contributed by atoms with Crippen molar-refractivity contribution >= 4 is 29.0 Å². The van der Waals surface area contributed by atoms with Gasteiger partial charge in [0, 0.05) is 25.3 Å². The third-order valence-electron chi connectivity index (χ3n) is 3.54. The normalized spacial score (nSPS) is 10.1. The van der Waals surface area contributed by atoms with Gasteiger partial charge in [0.05, 0.1) is 0 Å². The zero-order valence-electron chi connectivity index (χ0n) is 13.7. The van der Waals surface area contributed by atoms with E-state index < -0.39 is 0 Å². The summed E-state index contributed by atoms with van der Waals surface area (Å²) in [5.74, 6) is 0.451. The standard InChI is InChI=1S/C18H20N2O2S/c1-12-6-5-7-16(13(12)2)19-17(21)14-8-10-15(11-9-14)22-18(23)20(3)4/h5-11H,1-4H3,(H,19,21). The number of anilines is 1. The number of ether oxygens (including phenoxy) is 1. The van der Waals surface area contributed by atoms with Gasteiger partial charge in [0.15, 0.2) is 0 Å². The second kappa shape index (κ2) is 7.24. The van der Waals surface area contributed by atoms with Crippen molar-refractivity contribution in [2.75, 3.05) is 19.4 Å². The van der Waals surface area contributed by atoms with Crippen LogP contribution in [0.3, 0.4) is 0 Å². The molecule has 2 aromatic rings. The summed E-state index contributed by atoms with van der Waals surface area (Å²) in [6.07, 6.45) is 0. The van der Waals surface area contributed by atoms with Crippen molar-refractivity contribution in [1.29, 1.82) is 0 Å². The predicted molar refractivity (Wildman–Crippen MR) is 97.2 cm³/mol. The van der Waals surface area contributed by atoms with Gasteiger partial charge in [-0.1, -0.05) is 12.1 Å². The summed E-state index contributed by atoms with van der Waals surface area (Å²) in [6, 6.07) is 12.7. The number of aryl methyl sites for hydroxylation is 1. The van der Waals surface area contributed by atoms with E-state index in [0.717, 1.165) is 16.8 Å². The maximum absolute atomic E-state index is 12.3. The molecule has 0 aromatic heterocycles. The SMILES string of the molecule is Cc1cccc(NC(=O)c2ccc(OC(=S)N(C)C)cc2)c1C. The van der Waals surface area contributed by atoms with Crippen LogP contribution in [0.25, 0.3) is 0 Å². The highest BCUT2D eigenvalue weighted by Crippen LogP contribution is 2.20. The zero-order valence-corrected chi connectivity index (χ0v) is 14.5. The average Bonchev–Trinajstić information content (AvgIpc) is 2.52. The third kappa shape index (κ3) is 4.29. The summed E-state index contributed by atoms with van der Waals surface area (Å²) in [5.41, 5.74) is 3.60. The molecular formula is C18H20N2O2S. The molecule has 0 aliphatic rings. The van der Waals surface area contributed by atoms with E-state index in [9.17, 15) is 4.79 Å². The molecule has 0 bridgehead atoms. The highest BCUT2D eigenvalue weighted by Gasteiger charge is 2.09. The van der Waals surface area contributed by atoms with Gasteiger partial charge in [-0.15, -0.1) is 0 Å². The fourth-order valence-corrected chi connectivity index (χ4v) is 2.04. The highest BCUT2D eigenvalue weighted by atomic mass is 32.1. The molecule has 0 atom stereocenters. The fraction of sp³-hybridized carbons (Fsp3) is 0.222. The molecule has 1 N–H and O–H groups in total. The summed E-state index contributed by atoms with van der Waals surface area (Å²) in [6.45, 7) is 4.01. The second-order valence-corrected chi connectivity index (χ2v) is 5.84. The van der Waals surface area contributed by atoms with Crippen LogP contribution in [0.1, 0.15) is 21.5 Å². The Morgan fingerprint density at radius 1 is 1.09 bits per heavy atom. The molecule has 2 rings (SSSR count). The number of nitrogens with zero attached hydrogens (tertiary/aromatic N) is 1. The molecule has 1 amide bonds. The number of nitrogens with one attached hydrogen (secondary N) is 1. The monoisotopic (exact) mass is 328 g/mol. The van der Waals surface area contributed by atoms with Gasteiger partial charge in [-0.2, -0.15) is 0 Å². The Balaban J connectivity index is 2.08. The first-order valence-corrected chi connectivity index (χ1v) is 7.66. The van der Waals surface area contributed by atoms with Crippen molar-refractivity contribution in [3.8, 4) is 5.75 Å². The van der Waals surface area contributed by atoms with Crippen molar-refractivity contribution in [3.05, 3.63) is 59.2 Å². The minimum absolute atomic E-state index is 0.152. The van der Waals surface area contributed by atoms with E-state index in [-0.39, 0.29) is 5.91 Å². The van der Waals surface area contributed by atoms with Crippen molar-refractivity contribution in [1.82, 2.24) is 4.90 Å². The molecular weight excluding hydrogens is 308 g/mol. The lowest BCUT2D eigenvalue weighted by molar-refractivity contribution is 0.102. The lowest BCUT2D eigenvalue weighted by atomic mass is 10.1. The number of benzene rings is 2. The summed E-state index contributed by atoms with van der Waals surface area (Å²) < 4.78 is 5.49. The molecule has 0 saturated heterocycles. The maximum Gasteiger partial charge on any atom is 0.264 e. The Labute approximate surface area is 142 Å². The number of carbonyl (C=O) groups is 1. The molecule has 0 aliphatic carbocycles. The Bertz CT molecular complexity index is 724. The Hall–Kier alpha value is -2.40. The summed E-state index contributed by atoms with van der Waals surface area (Å²) in [4.78, 5) is 14.0. The van der Waals surface area contributed by atoms with Crippen molar-refractivity contribution < 1.29 is 9.53 Å². The number of carbonyl (C=O) groups excluding carboxylic acids is 1. The fourth-order valence-electron chi connectivity index (χ4n) is 1.95. The van der Waals surface area contributed by atoms with Gasteiger partial charge in [0.2, 0.25) is 0 Å². The molecule has 120 valence electrons. The van der Waals surface area contributed by atoms with Gasteiger partial charge in [-0.3, -0.25) is 4.79 Å². The average molecular weight is 328 g/mol. The largest absolute Gasteiger partial charge is 0.432 e. The first kappa shape index (κ1) is 17.0. The first-order valence-electron chi connectivity index (χ1n) is 7.25. The van der Waals surface area contributed by atoms with Crippen LogP contribution in [-0.4, -0.2) is 30.1 Å². The number of rotatable bonds is 3. The van der Waals surface area contributed by atoms with Gasteiger partial charge >= 0.3 is 0 Å². The zero-order chi connectivity index (χ0) is 17.0. The van der Waals surface area contributed by atoms with Gasteiger partial charge in [0.1, 0.15) is 5.75 Å². The quantitative estimate of drug-likeness (QED) is 0.871. The topological polar surface area (TPSA) is 41.6 Å². The van der Waals surface area contributed by atoms with Gasteiger partial charge < -0.3 is 15.0 Å². The van der Waals surface area contributed by atoms with Crippen LogP contribution in [0.15, 0.2) is 42.5 Å². The summed E-state index contributed by atoms with van der Waals surface area (Å²) >= 11 is 5.08. The van der Waals surface area contributed by atoms with Crippen LogP contribution in [0.2, 0.25) is 0 Å².